The van der Waals surface area contributed by atoms with Gasteiger partial charge in [-0.2, -0.15) is 0 Å². The van der Waals surface area contributed by atoms with Gasteiger partial charge in [-0.25, -0.2) is 4.39 Å². The number of para-hydroxylation sites is 1. The van der Waals surface area contributed by atoms with Crippen molar-refractivity contribution in [2.75, 3.05) is 5.75 Å². The van der Waals surface area contributed by atoms with E-state index >= 15 is 0 Å². The first-order valence-corrected chi connectivity index (χ1v) is 10.2. The molecule has 0 radical (unpaired) electrons. The van der Waals surface area contributed by atoms with E-state index in [1.165, 1.54) is 23.9 Å². The zero-order chi connectivity index (χ0) is 20.8. The average molecular weight is 419 g/mol. The van der Waals surface area contributed by atoms with Gasteiger partial charge in [-0.15, -0.1) is 10.2 Å². The summed E-state index contributed by atoms with van der Waals surface area (Å²) >= 11 is 1.30. The molecule has 0 unspecified atom stereocenters. The van der Waals surface area contributed by atoms with E-state index in [1.54, 1.807) is 24.5 Å². The minimum Gasteiger partial charge on any atom is -0.351 e. The van der Waals surface area contributed by atoms with Gasteiger partial charge in [0.2, 0.25) is 5.91 Å². The summed E-state index contributed by atoms with van der Waals surface area (Å²) in [5.41, 5.74) is 2.57. The number of nitrogens with one attached hydrogen (secondary N) is 1. The molecule has 1 N–H and O–H groups in total. The van der Waals surface area contributed by atoms with Crippen LogP contribution in [0.25, 0.3) is 17.1 Å². The number of aromatic nitrogens is 4. The molecular formula is C22H18FN5OS. The molecule has 150 valence electrons. The maximum absolute atomic E-state index is 13.0. The first kappa shape index (κ1) is 19.8. The highest BCUT2D eigenvalue weighted by molar-refractivity contribution is 7.99. The van der Waals surface area contributed by atoms with Crippen LogP contribution in [0.4, 0.5) is 4.39 Å². The minimum absolute atomic E-state index is 0.144. The van der Waals surface area contributed by atoms with Crippen molar-refractivity contribution in [2.24, 2.45) is 0 Å². The lowest BCUT2D eigenvalue weighted by Crippen LogP contribution is -2.24. The molecule has 4 rings (SSSR count). The first-order valence-electron chi connectivity index (χ1n) is 9.26. The van der Waals surface area contributed by atoms with E-state index in [0.29, 0.717) is 17.5 Å². The molecule has 0 aliphatic carbocycles. The molecule has 8 heteroatoms. The molecule has 6 nitrogen and oxygen atoms in total. The topological polar surface area (TPSA) is 72.7 Å². The molecule has 4 aromatic rings. The van der Waals surface area contributed by atoms with Crippen molar-refractivity contribution in [2.45, 2.75) is 11.7 Å². The van der Waals surface area contributed by atoms with Gasteiger partial charge in [-0.05, 0) is 42.0 Å². The van der Waals surface area contributed by atoms with Gasteiger partial charge >= 0.3 is 0 Å². The van der Waals surface area contributed by atoms with Crippen LogP contribution in [0.3, 0.4) is 0 Å². The lowest BCUT2D eigenvalue weighted by molar-refractivity contribution is -0.118. The second-order valence-electron chi connectivity index (χ2n) is 6.41. The number of amides is 1. The van der Waals surface area contributed by atoms with E-state index < -0.39 is 0 Å². The Kier molecular flexibility index (Phi) is 6.14. The van der Waals surface area contributed by atoms with Crippen molar-refractivity contribution in [1.82, 2.24) is 25.1 Å². The van der Waals surface area contributed by atoms with E-state index in [0.717, 1.165) is 16.8 Å². The summed E-state index contributed by atoms with van der Waals surface area (Å²) in [4.78, 5) is 16.5. The molecule has 0 saturated carbocycles. The molecular weight excluding hydrogens is 401 g/mol. The second-order valence-corrected chi connectivity index (χ2v) is 7.35. The van der Waals surface area contributed by atoms with Crippen molar-refractivity contribution in [3.63, 3.8) is 0 Å². The van der Waals surface area contributed by atoms with Crippen LogP contribution >= 0.6 is 11.8 Å². The van der Waals surface area contributed by atoms with E-state index in [1.807, 2.05) is 47.0 Å². The second kappa shape index (κ2) is 9.32. The number of carbonyl (C=O) groups is 1. The molecule has 2 aromatic heterocycles. The number of hydrogen-bond acceptors (Lipinski definition) is 5. The van der Waals surface area contributed by atoms with Crippen molar-refractivity contribution >= 4 is 17.7 Å². The van der Waals surface area contributed by atoms with Gasteiger partial charge in [0.25, 0.3) is 0 Å². The number of carbonyl (C=O) groups excluding carboxylic acids is 1. The molecule has 0 aliphatic heterocycles. The molecule has 0 saturated heterocycles. The van der Waals surface area contributed by atoms with Crippen LogP contribution in [0.2, 0.25) is 0 Å². The Morgan fingerprint density at radius 2 is 1.80 bits per heavy atom. The zero-order valence-corrected chi connectivity index (χ0v) is 16.7. The highest BCUT2D eigenvalue weighted by Crippen LogP contribution is 2.27. The molecule has 0 fully saturated rings. The number of halogens is 1. The van der Waals surface area contributed by atoms with Gasteiger partial charge < -0.3 is 5.32 Å². The quantitative estimate of drug-likeness (QED) is 0.460. The molecule has 0 bridgehead atoms. The standard InChI is InChI=1S/C22H18FN5OS/c23-18-10-8-16(9-11-18)13-25-20(29)15-30-22-27-26-21(17-5-4-12-24-14-17)28(22)19-6-2-1-3-7-19/h1-12,14H,13,15H2,(H,25,29). The molecule has 30 heavy (non-hydrogen) atoms. The summed E-state index contributed by atoms with van der Waals surface area (Å²) in [6.45, 7) is 0.339. The fourth-order valence-electron chi connectivity index (χ4n) is 2.84. The summed E-state index contributed by atoms with van der Waals surface area (Å²) in [7, 11) is 0. The van der Waals surface area contributed by atoms with Crippen molar-refractivity contribution < 1.29 is 9.18 Å². The van der Waals surface area contributed by atoms with Crippen LogP contribution in [0, 0.1) is 5.82 Å². The molecule has 0 aliphatic rings. The predicted octanol–water partition coefficient (Wildman–Crippen LogP) is 3.88. The SMILES string of the molecule is O=C(CSc1nnc(-c2cccnc2)n1-c1ccccc1)NCc1ccc(F)cc1. The molecule has 0 atom stereocenters. The lowest BCUT2D eigenvalue weighted by atomic mass is 10.2. The number of thioether (sulfide) groups is 1. The average Bonchev–Trinajstić information content (AvgIpc) is 3.22. The zero-order valence-electron chi connectivity index (χ0n) is 15.9. The van der Waals surface area contributed by atoms with Crippen LogP contribution < -0.4 is 5.32 Å². The number of hydrogen-bond donors (Lipinski definition) is 1. The molecule has 2 aromatic carbocycles. The Morgan fingerprint density at radius 3 is 2.53 bits per heavy atom. The third-order valence-electron chi connectivity index (χ3n) is 4.30. The van der Waals surface area contributed by atoms with Gasteiger partial charge in [-0.1, -0.05) is 42.1 Å². The minimum atomic E-state index is -0.301. The maximum Gasteiger partial charge on any atom is 0.230 e. The highest BCUT2D eigenvalue weighted by atomic mass is 32.2. The van der Waals surface area contributed by atoms with Gasteiger partial charge in [0.1, 0.15) is 5.82 Å². The van der Waals surface area contributed by atoms with Gasteiger partial charge in [0.15, 0.2) is 11.0 Å². The fraction of sp³-hybridized carbons (Fsp3) is 0.0909. The monoisotopic (exact) mass is 419 g/mol. The fourth-order valence-corrected chi connectivity index (χ4v) is 3.62. The third kappa shape index (κ3) is 4.72. The Balaban J connectivity index is 1.49. The third-order valence-corrected chi connectivity index (χ3v) is 5.23. The highest BCUT2D eigenvalue weighted by Gasteiger charge is 2.17. The van der Waals surface area contributed by atoms with Crippen LogP contribution in [0.1, 0.15) is 5.56 Å². The number of benzene rings is 2. The lowest BCUT2D eigenvalue weighted by Gasteiger charge is -2.10. The first-order chi connectivity index (χ1) is 14.7. The van der Waals surface area contributed by atoms with E-state index in [2.05, 4.69) is 20.5 Å². The van der Waals surface area contributed by atoms with Gasteiger partial charge in [0.05, 0.1) is 5.75 Å². The molecule has 1 amide bonds. The number of rotatable bonds is 7. The normalized spacial score (nSPS) is 10.7. The Labute approximate surface area is 177 Å². The van der Waals surface area contributed by atoms with Crippen LogP contribution in [-0.4, -0.2) is 31.4 Å². The molecule has 0 spiro atoms. The van der Waals surface area contributed by atoms with Gasteiger partial charge in [-0.3, -0.25) is 14.3 Å². The number of pyridine rings is 1. The summed E-state index contributed by atoms with van der Waals surface area (Å²) in [5.74, 6) is 0.392. The van der Waals surface area contributed by atoms with Crippen LogP contribution in [0.15, 0.2) is 84.3 Å². The number of nitrogens with zero attached hydrogens (tertiary/aromatic N) is 4. The summed E-state index contributed by atoms with van der Waals surface area (Å²) in [6, 6.07) is 19.5. The van der Waals surface area contributed by atoms with Crippen molar-refractivity contribution in [3.8, 4) is 17.1 Å². The van der Waals surface area contributed by atoms with Gasteiger partial charge in [0, 0.05) is 30.2 Å². The smallest absolute Gasteiger partial charge is 0.230 e. The largest absolute Gasteiger partial charge is 0.351 e. The van der Waals surface area contributed by atoms with E-state index in [-0.39, 0.29) is 17.5 Å². The van der Waals surface area contributed by atoms with Crippen LogP contribution in [-0.2, 0) is 11.3 Å². The predicted molar refractivity (Wildman–Crippen MR) is 114 cm³/mol. The van der Waals surface area contributed by atoms with E-state index in [9.17, 15) is 9.18 Å². The Bertz CT molecular complexity index is 1120. The summed E-state index contributed by atoms with van der Waals surface area (Å²) in [5, 5.41) is 12.1. The van der Waals surface area contributed by atoms with Crippen LogP contribution in [0.5, 0.6) is 0 Å². The van der Waals surface area contributed by atoms with Crippen molar-refractivity contribution in [3.05, 3.63) is 90.5 Å². The molecule has 2 heterocycles. The summed E-state index contributed by atoms with van der Waals surface area (Å²) in [6.07, 6.45) is 3.43. The van der Waals surface area contributed by atoms with E-state index in [4.69, 9.17) is 0 Å². The summed E-state index contributed by atoms with van der Waals surface area (Å²) < 4.78 is 14.9. The Morgan fingerprint density at radius 1 is 1.00 bits per heavy atom. The van der Waals surface area contributed by atoms with Crippen molar-refractivity contribution in [1.29, 1.82) is 0 Å². The maximum atomic E-state index is 13.0. The Hall–Kier alpha value is -3.52.